The second kappa shape index (κ2) is 5.61. The van der Waals surface area contributed by atoms with E-state index in [9.17, 15) is 0 Å². The fraction of sp³-hybridized carbons (Fsp3) is 1.00. The van der Waals surface area contributed by atoms with E-state index in [4.69, 9.17) is 4.74 Å². The van der Waals surface area contributed by atoms with E-state index < -0.39 is 0 Å². The Kier molecular flexibility index (Phi) is 4.16. The van der Waals surface area contributed by atoms with Crippen LogP contribution in [0.4, 0.5) is 0 Å². The molecule has 5 atom stereocenters. The Balaban J connectivity index is 1.67. The van der Waals surface area contributed by atoms with Gasteiger partial charge < -0.3 is 10.1 Å². The minimum atomic E-state index is 0.323. The average molecular weight is 279 g/mol. The van der Waals surface area contributed by atoms with Crippen LogP contribution >= 0.6 is 0 Å². The third-order valence-corrected chi connectivity index (χ3v) is 6.40. The zero-order valence-electron chi connectivity index (χ0n) is 13.8. The lowest BCUT2D eigenvalue weighted by atomic mass is 9.54. The van der Waals surface area contributed by atoms with E-state index >= 15 is 0 Å². The second-order valence-electron chi connectivity index (χ2n) is 8.36. The molecule has 0 aromatic carbocycles. The summed E-state index contributed by atoms with van der Waals surface area (Å²) < 4.78 is 6.05. The van der Waals surface area contributed by atoms with Gasteiger partial charge in [-0.25, -0.2) is 0 Å². The normalized spacial score (nSPS) is 44.0. The fourth-order valence-electron chi connectivity index (χ4n) is 5.26. The summed E-state index contributed by atoms with van der Waals surface area (Å²) >= 11 is 0. The Hall–Kier alpha value is -0.0800. The van der Waals surface area contributed by atoms with Crippen molar-refractivity contribution in [3.8, 4) is 0 Å². The van der Waals surface area contributed by atoms with Gasteiger partial charge in [0.25, 0.3) is 0 Å². The van der Waals surface area contributed by atoms with Crippen LogP contribution in [-0.4, -0.2) is 24.8 Å². The maximum atomic E-state index is 6.05. The number of hydrogen-bond donors (Lipinski definition) is 1. The molecule has 0 bridgehead atoms. The zero-order valence-corrected chi connectivity index (χ0v) is 13.8. The van der Waals surface area contributed by atoms with Crippen molar-refractivity contribution in [2.75, 3.05) is 6.61 Å². The smallest absolute Gasteiger partial charge is 0.0684 e. The number of nitrogens with one attached hydrogen (secondary N) is 1. The van der Waals surface area contributed by atoms with Crippen LogP contribution in [0, 0.1) is 23.2 Å². The van der Waals surface area contributed by atoms with Gasteiger partial charge >= 0.3 is 0 Å². The summed E-state index contributed by atoms with van der Waals surface area (Å²) in [5.41, 5.74) is 0.323. The van der Waals surface area contributed by atoms with Crippen molar-refractivity contribution in [1.29, 1.82) is 0 Å². The third-order valence-electron chi connectivity index (χ3n) is 6.40. The van der Waals surface area contributed by atoms with Gasteiger partial charge in [-0.05, 0) is 37.5 Å². The zero-order chi connectivity index (χ0) is 14.3. The van der Waals surface area contributed by atoms with Gasteiger partial charge in [0, 0.05) is 30.0 Å². The van der Waals surface area contributed by atoms with Crippen LogP contribution in [0.5, 0.6) is 0 Å². The number of hydrogen-bond acceptors (Lipinski definition) is 2. The molecule has 3 fully saturated rings. The number of ether oxygens (including phenoxy) is 1. The first-order valence-electron chi connectivity index (χ1n) is 8.89. The van der Waals surface area contributed by atoms with Gasteiger partial charge in [-0.1, -0.05) is 40.5 Å². The lowest BCUT2D eigenvalue weighted by Gasteiger charge is -2.61. The first kappa shape index (κ1) is 14.8. The Morgan fingerprint density at radius 3 is 2.55 bits per heavy atom. The van der Waals surface area contributed by atoms with Crippen LogP contribution in [0.1, 0.15) is 66.2 Å². The lowest BCUT2D eigenvalue weighted by molar-refractivity contribution is -0.196. The Bertz CT molecular complexity index is 338. The van der Waals surface area contributed by atoms with Crippen molar-refractivity contribution in [3.63, 3.8) is 0 Å². The molecular formula is C18H33NO. The molecule has 1 N–H and O–H groups in total. The fourth-order valence-corrected chi connectivity index (χ4v) is 5.26. The molecule has 2 aliphatic carbocycles. The molecule has 2 nitrogen and oxygen atoms in total. The minimum absolute atomic E-state index is 0.323. The molecule has 1 aliphatic heterocycles. The molecule has 0 aromatic heterocycles. The van der Waals surface area contributed by atoms with Crippen LogP contribution in [0.25, 0.3) is 0 Å². The predicted molar refractivity (Wildman–Crippen MR) is 83.8 cm³/mol. The van der Waals surface area contributed by atoms with Crippen LogP contribution in [-0.2, 0) is 4.74 Å². The summed E-state index contributed by atoms with van der Waals surface area (Å²) in [6.45, 7) is 10.6. The van der Waals surface area contributed by atoms with Crippen molar-refractivity contribution in [3.05, 3.63) is 0 Å². The van der Waals surface area contributed by atoms with Gasteiger partial charge in [-0.3, -0.25) is 0 Å². The molecule has 3 aliphatic rings. The summed E-state index contributed by atoms with van der Waals surface area (Å²) in [4.78, 5) is 0. The third kappa shape index (κ3) is 2.43. The largest absolute Gasteiger partial charge is 0.377 e. The summed E-state index contributed by atoms with van der Waals surface area (Å²) in [5.74, 6) is 2.46. The van der Waals surface area contributed by atoms with E-state index in [-0.39, 0.29) is 0 Å². The Morgan fingerprint density at radius 1 is 1.05 bits per heavy atom. The van der Waals surface area contributed by atoms with E-state index in [1.807, 2.05) is 0 Å². The van der Waals surface area contributed by atoms with E-state index in [1.165, 1.54) is 38.5 Å². The predicted octanol–water partition coefficient (Wildman–Crippen LogP) is 3.99. The van der Waals surface area contributed by atoms with E-state index in [0.717, 1.165) is 30.4 Å². The summed E-state index contributed by atoms with van der Waals surface area (Å²) in [7, 11) is 0. The highest BCUT2D eigenvalue weighted by atomic mass is 16.5. The van der Waals surface area contributed by atoms with Crippen molar-refractivity contribution < 1.29 is 4.74 Å². The molecule has 116 valence electrons. The molecule has 5 unspecified atom stereocenters. The second-order valence-corrected chi connectivity index (χ2v) is 8.36. The lowest BCUT2D eigenvalue weighted by Crippen LogP contribution is -2.71. The highest BCUT2D eigenvalue weighted by Gasteiger charge is 2.58. The standard InChI is InChI=1S/C18H33NO/c1-12(2)13-8-5-6-10-15(13)19-16-14-9-7-11-20-17(14)18(16,3)4/h12-17,19H,5-11H2,1-4H3. The SMILES string of the molecule is CC(C)C1CCCCC1NC1C2CCCOC2C1(C)C. The van der Waals surface area contributed by atoms with Gasteiger partial charge in [0.1, 0.15) is 0 Å². The number of fused-ring (bicyclic) bond motifs is 1. The number of rotatable bonds is 3. The van der Waals surface area contributed by atoms with Crippen molar-refractivity contribution in [2.24, 2.45) is 23.2 Å². The first-order valence-corrected chi connectivity index (χ1v) is 8.89. The van der Waals surface area contributed by atoms with Crippen molar-refractivity contribution >= 4 is 0 Å². The molecule has 0 aromatic rings. The molecule has 1 saturated heterocycles. The summed E-state index contributed by atoms with van der Waals surface area (Å²) in [6.07, 6.45) is 8.79. The Labute approximate surface area is 125 Å². The highest BCUT2D eigenvalue weighted by Crippen LogP contribution is 2.52. The minimum Gasteiger partial charge on any atom is -0.377 e. The molecule has 1 heterocycles. The van der Waals surface area contributed by atoms with Gasteiger partial charge in [0.15, 0.2) is 0 Å². The molecule has 0 spiro atoms. The summed E-state index contributed by atoms with van der Waals surface area (Å²) in [5, 5.41) is 4.10. The van der Waals surface area contributed by atoms with Crippen LogP contribution < -0.4 is 5.32 Å². The topological polar surface area (TPSA) is 21.3 Å². The molecule has 2 heteroatoms. The monoisotopic (exact) mass is 279 g/mol. The van der Waals surface area contributed by atoms with E-state index in [2.05, 4.69) is 33.0 Å². The molecule has 0 radical (unpaired) electrons. The van der Waals surface area contributed by atoms with Gasteiger partial charge in [0.05, 0.1) is 6.10 Å². The highest BCUT2D eigenvalue weighted by molar-refractivity contribution is 5.11. The van der Waals surface area contributed by atoms with E-state index in [1.54, 1.807) is 0 Å². The molecule has 20 heavy (non-hydrogen) atoms. The molecule has 0 amide bonds. The van der Waals surface area contributed by atoms with Crippen molar-refractivity contribution in [2.45, 2.75) is 84.4 Å². The van der Waals surface area contributed by atoms with Gasteiger partial charge in [0.2, 0.25) is 0 Å². The van der Waals surface area contributed by atoms with Gasteiger partial charge in [-0.2, -0.15) is 0 Å². The molecule has 3 rings (SSSR count). The molecular weight excluding hydrogens is 246 g/mol. The maximum absolute atomic E-state index is 6.05. The average Bonchev–Trinajstić information content (AvgIpc) is 2.45. The van der Waals surface area contributed by atoms with Crippen LogP contribution in [0.3, 0.4) is 0 Å². The quantitative estimate of drug-likeness (QED) is 0.843. The Morgan fingerprint density at radius 2 is 1.80 bits per heavy atom. The van der Waals surface area contributed by atoms with Gasteiger partial charge in [-0.15, -0.1) is 0 Å². The maximum Gasteiger partial charge on any atom is 0.0684 e. The van der Waals surface area contributed by atoms with E-state index in [0.29, 0.717) is 17.6 Å². The molecule has 2 saturated carbocycles. The van der Waals surface area contributed by atoms with Crippen molar-refractivity contribution in [1.82, 2.24) is 5.32 Å². The van der Waals surface area contributed by atoms with Crippen LogP contribution in [0.2, 0.25) is 0 Å². The first-order chi connectivity index (χ1) is 9.51. The summed E-state index contributed by atoms with van der Waals surface area (Å²) in [6, 6.07) is 1.42. The van der Waals surface area contributed by atoms with Crippen LogP contribution in [0.15, 0.2) is 0 Å².